The lowest BCUT2D eigenvalue weighted by Crippen LogP contribution is -2.26. The number of carbonyl (C=O) groups is 2. The number of anilines is 1. The number of nitrogens with zero attached hydrogens (tertiary/aromatic N) is 2. The highest BCUT2D eigenvalue weighted by molar-refractivity contribution is 8.00. The van der Waals surface area contributed by atoms with Gasteiger partial charge in [0.15, 0.2) is 0 Å². The molecule has 1 heterocycles. The van der Waals surface area contributed by atoms with E-state index in [0.29, 0.717) is 23.5 Å². The first-order valence-corrected chi connectivity index (χ1v) is 12.1. The van der Waals surface area contributed by atoms with Crippen molar-refractivity contribution in [3.05, 3.63) is 83.4 Å². The Morgan fingerprint density at radius 1 is 1.06 bits per heavy atom. The predicted molar refractivity (Wildman–Crippen MR) is 134 cm³/mol. The van der Waals surface area contributed by atoms with Crippen molar-refractivity contribution in [3.8, 4) is 5.75 Å². The molecule has 3 aromatic carbocycles. The van der Waals surface area contributed by atoms with Crippen LogP contribution in [0.25, 0.3) is 10.2 Å². The molecule has 8 heteroatoms. The molecule has 168 valence electrons. The van der Waals surface area contributed by atoms with Gasteiger partial charge in [-0.1, -0.05) is 30.3 Å². The van der Waals surface area contributed by atoms with Crippen LogP contribution in [0.15, 0.2) is 77.7 Å². The molecule has 0 saturated carbocycles. The van der Waals surface area contributed by atoms with E-state index in [1.54, 1.807) is 48.6 Å². The Hall–Kier alpha value is -3.36. The molecule has 0 saturated heterocycles. The Morgan fingerprint density at radius 3 is 2.67 bits per heavy atom. The third kappa shape index (κ3) is 5.71. The second-order valence-corrected chi connectivity index (χ2v) is 9.43. The van der Waals surface area contributed by atoms with Gasteiger partial charge in [-0.2, -0.15) is 0 Å². The Kier molecular flexibility index (Phi) is 7.26. The maximum atomic E-state index is 13.2. The van der Waals surface area contributed by atoms with Gasteiger partial charge in [0.05, 0.1) is 35.2 Å². The first-order valence-electron chi connectivity index (χ1n) is 10.3. The van der Waals surface area contributed by atoms with Crippen LogP contribution < -0.4 is 10.1 Å². The van der Waals surface area contributed by atoms with Crippen LogP contribution in [0.3, 0.4) is 0 Å². The van der Waals surface area contributed by atoms with Crippen LogP contribution in [0.4, 0.5) is 5.69 Å². The van der Waals surface area contributed by atoms with E-state index in [0.717, 1.165) is 20.1 Å². The molecule has 1 aromatic heterocycles. The van der Waals surface area contributed by atoms with Gasteiger partial charge in [0.1, 0.15) is 10.8 Å². The highest BCUT2D eigenvalue weighted by atomic mass is 32.2. The van der Waals surface area contributed by atoms with Gasteiger partial charge in [0.2, 0.25) is 5.91 Å². The Labute approximate surface area is 200 Å². The van der Waals surface area contributed by atoms with Crippen LogP contribution in [-0.4, -0.2) is 41.6 Å². The molecule has 0 fully saturated rings. The minimum absolute atomic E-state index is 0.106. The summed E-state index contributed by atoms with van der Waals surface area (Å²) in [6.07, 6.45) is 0. The summed E-state index contributed by atoms with van der Waals surface area (Å²) in [5.41, 5.74) is 2.18. The van der Waals surface area contributed by atoms with E-state index < -0.39 is 0 Å². The standard InChI is InChI=1S/C25H23N3O3S2/c1-28(15-24-27-20-11-4-6-13-22(20)33-24)25(30)19-10-3-5-12-21(19)32-16-23(29)26-17-8-7-9-18(14-17)31-2/h3-14H,15-16H2,1-2H3,(H,26,29). The van der Waals surface area contributed by atoms with E-state index in [9.17, 15) is 9.59 Å². The number of methoxy groups -OCH3 is 1. The number of carbonyl (C=O) groups excluding carboxylic acids is 2. The number of nitrogens with one attached hydrogen (secondary N) is 1. The normalized spacial score (nSPS) is 10.7. The molecular formula is C25H23N3O3S2. The highest BCUT2D eigenvalue weighted by Crippen LogP contribution is 2.26. The molecule has 6 nitrogen and oxygen atoms in total. The van der Waals surface area contributed by atoms with E-state index in [-0.39, 0.29) is 17.6 Å². The molecule has 33 heavy (non-hydrogen) atoms. The molecule has 2 amide bonds. The smallest absolute Gasteiger partial charge is 0.255 e. The molecule has 0 aliphatic carbocycles. The highest BCUT2D eigenvalue weighted by Gasteiger charge is 2.18. The maximum absolute atomic E-state index is 13.2. The SMILES string of the molecule is COc1cccc(NC(=O)CSc2ccccc2C(=O)N(C)Cc2nc3ccccc3s2)c1. The first kappa shape index (κ1) is 22.8. The predicted octanol–water partition coefficient (Wildman–Crippen LogP) is 5.31. The molecule has 0 radical (unpaired) electrons. The van der Waals surface area contributed by atoms with Crippen LogP contribution >= 0.6 is 23.1 Å². The number of fused-ring (bicyclic) bond motifs is 1. The fourth-order valence-corrected chi connectivity index (χ4v) is 5.14. The van der Waals surface area contributed by atoms with Gasteiger partial charge in [-0.25, -0.2) is 4.98 Å². The van der Waals surface area contributed by atoms with Crippen molar-refractivity contribution in [2.45, 2.75) is 11.4 Å². The summed E-state index contributed by atoms with van der Waals surface area (Å²) in [6, 6.07) is 22.5. The van der Waals surface area contributed by atoms with Crippen molar-refractivity contribution < 1.29 is 14.3 Å². The van der Waals surface area contributed by atoms with Gasteiger partial charge in [-0.05, 0) is 36.4 Å². The zero-order chi connectivity index (χ0) is 23.2. The summed E-state index contributed by atoms with van der Waals surface area (Å²) in [4.78, 5) is 32.7. The summed E-state index contributed by atoms with van der Waals surface area (Å²) in [6.45, 7) is 0.424. The first-order chi connectivity index (χ1) is 16.0. The lowest BCUT2D eigenvalue weighted by Gasteiger charge is -2.17. The van der Waals surface area contributed by atoms with Crippen molar-refractivity contribution in [2.75, 3.05) is 25.2 Å². The molecule has 0 aliphatic heterocycles. The Bertz CT molecular complexity index is 1260. The maximum Gasteiger partial charge on any atom is 0.255 e. The molecule has 4 aromatic rings. The van der Waals surface area contributed by atoms with Gasteiger partial charge in [-0.15, -0.1) is 23.1 Å². The molecule has 0 spiro atoms. The summed E-state index contributed by atoms with van der Waals surface area (Å²) in [5, 5.41) is 3.75. The monoisotopic (exact) mass is 477 g/mol. The van der Waals surface area contributed by atoms with Crippen LogP contribution in [0.1, 0.15) is 15.4 Å². The average molecular weight is 478 g/mol. The summed E-state index contributed by atoms with van der Waals surface area (Å²) < 4.78 is 6.29. The van der Waals surface area contributed by atoms with Crippen LogP contribution in [-0.2, 0) is 11.3 Å². The van der Waals surface area contributed by atoms with Crippen LogP contribution in [0.2, 0.25) is 0 Å². The molecule has 0 bridgehead atoms. The van der Waals surface area contributed by atoms with E-state index >= 15 is 0 Å². The van der Waals surface area contributed by atoms with Crippen molar-refractivity contribution in [1.29, 1.82) is 0 Å². The van der Waals surface area contributed by atoms with Crippen LogP contribution in [0.5, 0.6) is 5.75 Å². The van der Waals surface area contributed by atoms with Crippen molar-refractivity contribution in [3.63, 3.8) is 0 Å². The number of thiazole rings is 1. The fraction of sp³-hybridized carbons (Fsp3) is 0.160. The number of thioether (sulfide) groups is 1. The second kappa shape index (κ2) is 10.5. The molecule has 0 aliphatic rings. The van der Waals surface area contributed by atoms with E-state index in [4.69, 9.17) is 4.74 Å². The largest absolute Gasteiger partial charge is 0.497 e. The summed E-state index contributed by atoms with van der Waals surface area (Å²) in [7, 11) is 3.35. The minimum atomic E-state index is -0.154. The third-order valence-corrected chi connectivity index (χ3v) is 6.98. The van der Waals surface area contributed by atoms with Gasteiger partial charge in [-0.3, -0.25) is 9.59 Å². The number of hydrogen-bond donors (Lipinski definition) is 1. The number of hydrogen-bond acceptors (Lipinski definition) is 6. The minimum Gasteiger partial charge on any atom is -0.497 e. The molecule has 1 N–H and O–H groups in total. The number of amides is 2. The average Bonchev–Trinajstić information content (AvgIpc) is 3.25. The van der Waals surface area contributed by atoms with Crippen molar-refractivity contribution in [1.82, 2.24) is 9.88 Å². The van der Waals surface area contributed by atoms with Gasteiger partial charge < -0.3 is 15.0 Å². The van der Waals surface area contributed by atoms with Crippen molar-refractivity contribution >= 4 is 50.8 Å². The topological polar surface area (TPSA) is 71.5 Å². The van der Waals surface area contributed by atoms with Gasteiger partial charge in [0, 0.05) is 23.7 Å². The number of para-hydroxylation sites is 1. The van der Waals surface area contributed by atoms with Crippen molar-refractivity contribution in [2.24, 2.45) is 0 Å². The summed E-state index contributed by atoms with van der Waals surface area (Å²) >= 11 is 2.92. The van der Waals surface area contributed by atoms with Crippen LogP contribution in [0, 0.1) is 0 Å². The zero-order valence-corrected chi connectivity index (χ0v) is 19.9. The lowest BCUT2D eigenvalue weighted by atomic mass is 10.2. The van der Waals surface area contributed by atoms with E-state index in [1.807, 2.05) is 54.6 Å². The fourth-order valence-electron chi connectivity index (χ4n) is 3.28. The molecule has 4 rings (SSSR count). The number of rotatable bonds is 8. The van der Waals surface area contributed by atoms with E-state index in [2.05, 4.69) is 10.3 Å². The number of benzene rings is 3. The third-order valence-electron chi connectivity index (χ3n) is 4.89. The quantitative estimate of drug-likeness (QED) is 0.348. The van der Waals surface area contributed by atoms with Gasteiger partial charge >= 0.3 is 0 Å². The number of aromatic nitrogens is 1. The summed E-state index contributed by atoms with van der Waals surface area (Å²) in [5.74, 6) is 0.597. The molecular weight excluding hydrogens is 454 g/mol. The lowest BCUT2D eigenvalue weighted by molar-refractivity contribution is -0.113. The molecule has 0 atom stereocenters. The Morgan fingerprint density at radius 2 is 1.85 bits per heavy atom. The molecule has 0 unspecified atom stereocenters. The zero-order valence-electron chi connectivity index (χ0n) is 18.3. The number of ether oxygens (including phenoxy) is 1. The second-order valence-electron chi connectivity index (χ2n) is 7.30. The van der Waals surface area contributed by atoms with E-state index in [1.165, 1.54) is 11.8 Å². The van der Waals surface area contributed by atoms with Gasteiger partial charge in [0.25, 0.3) is 5.91 Å². The Balaban J connectivity index is 1.40.